The summed E-state index contributed by atoms with van der Waals surface area (Å²) in [5, 5.41) is 0. The summed E-state index contributed by atoms with van der Waals surface area (Å²) in [6.07, 6.45) is 3.83. The normalized spacial score (nSPS) is 19.2. The fraction of sp³-hybridized carbons (Fsp3) is 0.810. The summed E-state index contributed by atoms with van der Waals surface area (Å²) in [6, 6.07) is 0. The van der Waals surface area contributed by atoms with Gasteiger partial charge in [0.25, 0.3) is 0 Å². The maximum absolute atomic E-state index is 12.6. The number of amides is 2. The molecule has 4 heteroatoms. The van der Waals surface area contributed by atoms with Crippen molar-refractivity contribution in [3.63, 3.8) is 0 Å². The number of carbonyl (C=O) groups excluding carboxylic acids is 2. The van der Waals surface area contributed by atoms with E-state index >= 15 is 0 Å². The molecule has 0 aromatic heterocycles. The van der Waals surface area contributed by atoms with Gasteiger partial charge in [0.1, 0.15) is 0 Å². The van der Waals surface area contributed by atoms with Gasteiger partial charge in [0.2, 0.25) is 11.8 Å². The number of rotatable bonds is 9. The van der Waals surface area contributed by atoms with Crippen LogP contribution in [0.25, 0.3) is 0 Å². The van der Waals surface area contributed by atoms with Crippen LogP contribution in [0.2, 0.25) is 0 Å². The first-order valence-corrected chi connectivity index (χ1v) is 9.46. The number of imide groups is 1. The van der Waals surface area contributed by atoms with Gasteiger partial charge >= 0.3 is 0 Å². The predicted molar refractivity (Wildman–Crippen MR) is 104 cm³/mol. The quantitative estimate of drug-likeness (QED) is 0.464. The van der Waals surface area contributed by atoms with Gasteiger partial charge in [-0.15, -0.1) is 0 Å². The first-order chi connectivity index (χ1) is 11.3. The Bertz CT molecular complexity index is 501. The van der Waals surface area contributed by atoms with Gasteiger partial charge < -0.3 is 4.90 Å². The number of likely N-dealkylation sites (tertiary alicyclic amines) is 1. The van der Waals surface area contributed by atoms with Crippen LogP contribution >= 0.6 is 0 Å². The van der Waals surface area contributed by atoms with Crippen molar-refractivity contribution in [2.75, 3.05) is 27.2 Å². The molecule has 144 valence electrons. The van der Waals surface area contributed by atoms with Crippen molar-refractivity contribution in [3.8, 4) is 0 Å². The first kappa shape index (κ1) is 21.9. The SMILES string of the molecule is C=C(CC1CC(=O)N(CCCN(C)C)C1=O)CC(C)(C)CC(C)(C)C. The van der Waals surface area contributed by atoms with Crippen LogP contribution in [0.3, 0.4) is 0 Å². The van der Waals surface area contributed by atoms with Crippen LogP contribution in [-0.2, 0) is 9.59 Å². The van der Waals surface area contributed by atoms with Crippen molar-refractivity contribution in [2.45, 2.75) is 66.7 Å². The van der Waals surface area contributed by atoms with E-state index in [1.807, 2.05) is 14.1 Å². The highest BCUT2D eigenvalue weighted by atomic mass is 16.2. The van der Waals surface area contributed by atoms with Gasteiger partial charge in [-0.1, -0.05) is 46.8 Å². The van der Waals surface area contributed by atoms with E-state index in [0.29, 0.717) is 19.4 Å². The summed E-state index contributed by atoms with van der Waals surface area (Å²) in [7, 11) is 4.00. The second-order valence-corrected chi connectivity index (χ2v) is 9.97. The molecule has 0 saturated carbocycles. The van der Waals surface area contributed by atoms with Crippen LogP contribution in [0.1, 0.15) is 66.7 Å². The summed E-state index contributed by atoms with van der Waals surface area (Å²) >= 11 is 0. The Morgan fingerprint density at radius 1 is 1.20 bits per heavy atom. The monoisotopic (exact) mass is 350 g/mol. The van der Waals surface area contributed by atoms with E-state index in [4.69, 9.17) is 0 Å². The predicted octanol–water partition coefficient (Wildman–Crippen LogP) is 4.11. The standard InChI is InChI=1S/C21H38N2O2/c1-16(14-21(5,6)15-20(2,3)4)12-17-13-18(24)23(19(17)25)11-9-10-22(7)8/h17H,1,9-15H2,2-8H3. The van der Waals surface area contributed by atoms with Crippen LogP contribution in [-0.4, -0.2) is 48.8 Å². The van der Waals surface area contributed by atoms with Crippen molar-refractivity contribution in [1.29, 1.82) is 0 Å². The molecule has 0 N–H and O–H groups in total. The lowest BCUT2D eigenvalue weighted by atomic mass is 9.72. The van der Waals surface area contributed by atoms with E-state index in [-0.39, 0.29) is 28.6 Å². The van der Waals surface area contributed by atoms with E-state index in [0.717, 1.165) is 31.4 Å². The van der Waals surface area contributed by atoms with Crippen LogP contribution in [0.4, 0.5) is 0 Å². The Morgan fingerprint density at radius 2 is 1.80 bits per heavy atom. The minimum absolute atomic E-state index is 0.00136. The van der Waals surface area contributed by atoms with Crippen molar-refractivity contribution in [3.05, 3.63) is 12.2 Å². The van der Waals surface area contributed by atoms with Crippen LogP contribution in [0, 0.1) is 16.7 Å². The highest BCUT2D eigenvalue weighted by Crippen LogP contribution is 2.39. The maximum Gasteiger partial charge on any atom is 0.233 e. The molecule has 25 heavy (non-hydrogen) atoms. The Kier molecular flexibility index (Phi) is 7.42. The molecule has 0 aliphatic carbocycles. The number of nitrogens with zero attached hydrogens (tertiary/aromatic N) is 2. The molecule has 4 nitrogen and oxygen atoms in total. The van der Waals surface area contributed by atoms with Crippen molar-refractivity contribution in [2.24, 2.45) is 16.7 Å². The summed E-state index contributed by atoms with van der Waals surface area (Å²) in [5.41, 5.74) is 1.52. The van der Waals surface area contributed by atoms with E-state index in [1.165, 1.54) is 4.90 Å². The van der Waals surface area contributed by atoms with E-state index < -0.39 is 0 Å². The van der Waals surface area contributed by atoms with Gasteiger partial charge in [-0.2, -0.15) is 0 Å². The number of carbonyl (C=O) groups is 2. The maximum atomic E-state index is 12.6. The molecular formula is C21H38N2O2. The smallest absolute Gasteiger partial charge is 0.233 e. The molecule has 0 radical (unpaired) electrons. The third kappa shape index (κ3) is 7.72. The largest absolute Gasteiger partial charge is 0.309 e. The summed E-state index contributed by atoms with van der Waals surface area (Å²) in [6.45, 7) is 16.9. The van der Waals surface area contributed by atoms with Crippen molar-refractivity contribution < 1.29 is 9.59 Å². The molecule has 1 rings (SSSR count). The average Bonchev–Trinajstić information content (AvgIpc) is 2.61. The molecule has 1 heterocycles. The zero-order chi connectivity index (χ0) is 19.4. The van der Waals surface area contributed by atoms with Crippen LogP contribution in [0.5, 0.6) is 0 Å². The minimum Gasteiger partial charge on any atom is -0.309 e. The molecule has 1 unspecified atom stereocenters. The van der Waals surface area contributed by atoms with Crippen molar-refractivity contribution >= 4 is 11.8 Å². The van der Waals surface area contributed by atoms with Gasteiger partial charge in [0.05, 0.1) is 5.92 Å². The molecule has 1 aliphatic rings. The van der Waals surface area contributed by atoms with E-state index in [9.17, 15) is 9.59 Å². The lowest BCUT2D eigenvalue weighted by Crippen LogP contribution is -2.33. The van der Waals surface area contributed by atoms with Gasteiger partial charge in [-0.3, -0.25) is 14.5 Å². The second kappa shape index (κ2) is 8.48. The molecular weight excluding hydrogens is 312 g/mol. The Morgan fingerprint density at radius 3 is 2.32 bits per heavy atom. The minimum atomic E-state index is -0.204. The fourth-order valence-corrected chi connectivity index (χ4v) is 4.29. The number of hydrogen-bond donors (Lipinski definition) is 0. The number of allylic oxidation sites excluding steroid dienone is 1. The Labute approximate surface area is 154 Å². The van der Waals surface area contributed by atoms with E-state index in [2.05, 4.69) is 46.1 Å². The third-order valence-corrected chi connectivity index (χ3v) is 4.60. The molecule has 0 spiro atoms. The summed E-state index contributed by atoms with van der Waals surface area (Å²) < 4.78 is 0. The summed E-state index contributed by atoms with van der Waals surface area (Å²) in [5.74, 6) is -0.223. The van der Waals surface area contributed by atoms with Crippen LogP contribution in [0.15, 0.2) is 12.2 Å². The van der Waals surface area contributed by atoms with Crippen molar-refractivity contribution in [1.82, 2.24) is 9.80 Å². The van der Waals surface area contributed by atoms with E-state index in [1.54, 1.807) is 0 Å². The summed E-state index contributed by atoms with van der Waals surface area (Å²) in [4.78, 5) is 28.3. The topological polar surface area (TPSA) is 40.6 Å². The second-order valence-electron chi connectivity index (χ2n) is 9.97. The molecule has 2 amide bonds. The van der Waals surface area contributed by atoms with Crippen LogP contribution < -0.4 is 0 Å². The highest BCUT2D eigenvalue weighted by Gasteiger charge is 2.38. The highest BCUT2D eigenvalue weighted by molar-refractivity contribution is 6.03. The lowest BCUT2D eigenvalue weighted by molar-refractivity contribution is -0.139. The molecule has 0 aromatic carbocycles. The molecule has 0 aromatic rings. The zero-order valence-electron chi connectivity index (χ0n) is 17.4. The zero-order valence-corrected chi connectivity index (χ0v) is 17.4. The molecule has 0 bridgehead atoms. The van der Waals surface area contributed by atoms with Gasteiger partial charge in [-0.25, -0.2) is 0 Å². The van der Waals surface area contributed by atoms with Gasteiger partial charge in [-0.05, 0) is 57.2 Å². The molecule has 1 saturated heterocycles. The molecule has 1 fully saturated rings. The average molecular weight is 351 g/mol. The Balaban J connectivity index is 2.55. The third-order valence-electron chi connectivity index (χ3n) is 4.60. The van der Waals surface area contributed by atoms with Gasteiger partial charge in [0.15, 0.2) is 0 Å². The number of hydrogen-bond acceptors (Lipinski definition) is 3. The van der Waals surface area contributed by atoms with Gasteiger partial charge in [0, 0.05) is 13.0 Å². The lowest BCUT2D eigenvalue weighted by Gasteiger charge is -2.33. The molecule has 1 aliphatic heterocycles. The Hall–Kier alpha value is -1.16. The fourth-order valence-electron chi connectivity index (χ4n) is 4.29. The first-order valence-electron chi connectivity index (χ1n) is 9.46. The molecule has 1 atom stereocenters.